The topological polar surface area (TPSA) is 58.6 Å². The second-order valence-corrected chi connectivity index (χ2v) is 4.67. The number of oxime groups is 1. The van der Waals surface area contributed by atoms with Crippen LogP contribution in [0.15, 0.2) is 35.5 Å². The van der Waals surface area contributed by atoms with Gasteiger partial charge < -0.3 is 10.9 Å². The van der Waals surface area contributed by atoms with Crippen LogP contribution in [0.3, 0.4) is 0 Å². The quantitative estimate of drug-likeness (QED) is 0.355. The predicted molar refractivity (Wildman–Crippen MR) is 62.9 cm³/mol. The smallest absolute Gasteiger partial charge is 0.143 e. The van der Waals surface area contributed by atoms with Crippen LogP contribution in [0, 0.1) is 23.6 Å². The van der Waals surface area contributed by atoms with Gasteiger partial charge in [0.2, 0.25) is 0 Å². The fourth-order valence-electron chi connectivity index (χ4n) is 2.85. The van der Waals surface area contributed by atoms with Crippen LogP contribution in [0.25, 0.3) is 5.57 Å². The van der Waals surface area contributed by atoms with Gasteiger partial charge in [0.1, 0.15) is 11.7 Å². The number of nitrogens with two attached hydrogens (primary N) is 1. The zero-order chi connectivity index (χ0) is 12.0. The van der Waals surface area contributed by atoms with Crippen LogP contribution in [0.4, 0.5) is 4.39 Å². The van der Waals surface area contributed by atoms with Gasteiger partial charge in [-0.25, -0.2) is 4.39 Å². The monoisotopic (exact) mass is 232 g/mol. The van der Waals surface area contributed by atoms with Crippen LogP contribution in [0.1, 0.15) is 12.0 Å². The molecule has 3 N–H and O–H groups in total. The Morgan fingerprint density at radius 3 is 2.76 bits per heavy atom. The maximum Gasteiger partial charge on any atom is 0.143 e. The number of hydrogen-bond acceptors (Lipinski definition) is 2. The Hall–Kier alpha value is -1.84. The highest BCUT2D eigenvalue weighted by molar-refractivity contribution is 5.88. The van der Waals surface area contributed by atoms with Crippen molar-refractivity contribution >= 4 is 11.4 Å². The van der Waals surface area contributed by atoms with Gasteiger partial charge in [-0.2, -0.15) is 0 Å². The first-order valence-electron chi connectivity index (χ1n) is 5.65. The molecule has 3 rings (SSSR count). The van der Waals surface area contributed by atoms with E-state index in [1.54, 1.807) is 12.1 Å². The van der Waals surface area contributed by atoms with Crippen molar-refractivity contribution in [3.05, 3.63) is 41.7 Å². The highest BCUT2D eigenvalue weighted by atomic mass is 19.1. The molecular weight excluding hydrogens is 219 g/mol. The summed E-state index contributed by atoms with van der Waals surface area (Å²) in [6, 6.07) is 6.80. The highest BCUT2D eigenvalue weighted by Gasteiger charge is 2.54. The molecule has 1 aromatic carbocycles. The Morgan fingerprint density at radius 1 is 1.41 bits per heavy atom. The summed E-state index contributed by atoms with van der Waals surface area (Å²) < 4.78 is 13.6. The molecule has 0 spiro atoms. The molecule has 4 heteroatoms. The van der Waals surface area contributed by atoms with E-state index in [0.29, 0.717) is 23.2 Å². The van der Waals surface area contributed by atoms with Gasteiger partial charge in [-0.05, 0) is 29.9 Å². The van der Waals surface area contributed by atoms with E-state index in [2.05, 4.69) is 11.2 Å². The molecule has 3 atom stereocenters. The van der Waals surface area contributed by atoms with Gasteiger partial charge in [0.25, 0.3) is 0 Å². The first kappa shape index (κ1) is 10.3. The number of nitrogens with zero attached hydrogens (tertiary/aromatic N) is 1. The van der Waals surface area contributed by atoms with E-state index in [4.69, 9.17) is 10.9 Å². The van der Waals surface area contributed by atoms with Gasteiger partial charge in [-0.1, -0.05) is 29.4 Å². The van der Waals surface area contributed by atoms with Crippen LogP contribution >= 0.6 is 0 Å². The van der Waals surface area contributed by atoms with Gasteiger partial charge in [0, 0.05) is 11.5 Å². The van der Waals surface area contributed by atoms with E-state index >= 15 is 0 Å². The normalized spacial score (nSPS) is 31.0. The molecule has 0 heterocycles. The lowest BCUT2D eigenvalue weighted by atomic mass is 10.0. The third kappa shape index (κ3) is 1.52. The first-order valence-corrected chi connectivity index (χ1v) is 5.65. The number of amidine groups is 1. The Bertz CT molecular complexity index is 524. The zero-order valence-corrected chi connectivity index (χ0v) is 9.18. The lowest BCUT2D eigenvalue weighted by molar-refractivity contribution is 0.316. The van der Waals surface area contributed by atoms with Crippen molar-refractivity contribution < 1.29 is 9.60 Å². The van der Waals surface area contributed by atoms with E-state index in [-0.39, 0.29) is 11.7 Å². The van der Waals surface area contributed by atoms with E-state index in [1.807, 2.05) is 6.07 Å². The minimum Gasteiger partial charge on any atom is -0.409 e. The summed E-state index contributed by atoms with van der Waals surface area (Å²) in [5.41, 5.74) is 7.30. The van der Waals surface area contributed by atoms with Crippen molar-refractivity contribution in [2.75, 3.05) is 0 Å². The molecule has 2 aliphatic carbocycles. The number of rotatable bonds is 2. The molecule has 0 amide bonds. The lowest BCUT2D eigenvalue weighted by Gasteiger charge is -2.07. The van der Waals surface area contributed by atoms with Crippen LogP contribution in [0.5, 0.6) is 0 Å². The summed E-state index contributed by atoms with van der Waals surface area (Å²) in [7, 11) is 0. The van der Waals surface area contributed by atoms with E-state index in [0.717, 1.165) is 12.0 Å². The second kappa shape index (κ2) is 3.58. The third-order valence-corrected chi connectivity index (χ3v) is 3.76. The highest BCUT2D eigenvalue weighted by Crippen LogP contribution is 2.58. The first-order chi connectivity index (χ1) is 8.22. The Morgan fingerprint density at radius 2 is 2.18 bits per heavy atom. The summed E-state index contributed by atoms with van der Waals surface area (Å²) in [4.78, 5) is 0. The minimum absolute atomic E-state index is 0.149. The molecular formula is C13H13FN2O. The van der Waals surface area contributed by atoms with Gasteiger partial charge in [0.05, 0.1) is 0 Å². The molecule has 1 saturated carbocycles. The molecule has 0 aromatic heterocycles. The standard InChI is InChI=1S/C13H13FN2O/c14-11-4-2-1-3-8(11)7-5-9-10(6-7)12(9)13(15)16-17/h1-5,9-10,12,17H,6H2,(H2,15,16). The van der Waals surface area contributed by atoms with Crippen LogP contribution in [0.2, 0.25) is 0 Å². The summed E-state index contributed by atoms with van der Waals surface area (Å²) >= 11 is 0. The number of benzene rings is 1. The van der Waals surface area contributed by atoms with Crippen molar-refractivity contribution in [2.24, 2.45) is 28.6 Å². The second-order valence-electron chi connectivity index (χ2n) is 4.67. The maximum absolute atomic E-state index is 13.6. The third-order valence-electron chi connectivity index (χ3n) is 3.76. The fourth-order valence-corrected chi connectivity index (χ4v) is 2.85. The van der Waals surface area contributed by atoms with Gasteiger partial charge in [0.15, 0.2) is 0 Å². The molecule has 88 valence electrons. The summed E-state index contributed by atoms with van der Waals surface area (Å²) in [5.74, 6) is 0.973. The van der Waals surface area contributed by atoms with Gasteiger partial charge in [-0.3, -0.25) is 0 Å². The molecule has 17 heavy (non-hydrogen) atoms. The average Bonchev–Trinajstić information content (AvgIpc) is 2.84. The Balaban J connectivity index is 1.83. The van der Waals surface area contributed by atoms with Crippen molar-refractivity contribution in [3.8, 4) is 0 Å². The van der Waals surface area contributed by atoms with Crippen molar-refractivity contribution in [3.63, 3.8) is 0 Å². The molecule has 0 radical (unpaired) electrons. The van der Waals surface area contributed by atoms with E-state index in [1.165, 1.54) is 6.07 Å². The van der Waals surface area contributed by atoms with E-state index < -0.39 is 0 Å². The number of hydrogen-bond donors (Lipinski definition) is 2. The molecule has 1 fully saturated rings. The van der Waals surface area contributed by atoms with Crippen LogP contribution < -0.4 is 5.73 Å². The van der Waals surface area contributed by atoms with Gasteiger partial charge in [-0.15, -0.1) is 0 Å². The summed E-state index contributed by atoms with van der Waals surface area (Å²) in [6.45, 7) is 0. The minimum atomic E-state index is -0.180. The fraction of sp³-hybridized carbons (Fsp3) is 0.308. The zero-order valence-electron chi connectivity index (χ0n) is 9.18. The molecule has 3 unspecified atom stereocenters. The van der Waals surface area contributed by atoms with Gasteiger partial charge >= 0.3 is 0 Å². The number of fused-ring (bicyclic) bond motifs is 1. The molecule has 0 saturated heterocycles. The largest absolute Gasteiger partial charge is 0.409 e. The summed E-state index contributed by atoms with van der Waals surface area (Å²) in [5, 5.41) is 11.6. The average molecular weight is 232 g/mol. The number of halogens is 1. The van der Waals surface area contributed by atoms with Crippen molar-refractivity contribution in [1.29, 1.82) is 0 Å². The summed E-state index contributed by atoms with van der Waals surface area (Å²) in [6.07, 6.45) is 2.87. The Kier molecular flexibility index (Phi) is 2.18. The van der Waals surface area contributed by atoms with Crippen LogP contribution in [-0.4, -0.2) is 11.0 Å². The number of allylic oxidation sites excluding steroid dienone is 2. The SMILES string of the molecule is NC(=NO)C1C2C=C(c3ccccc3F)CC21. The molecule has 1 aromatic rings. The van der Waals surface area contributed by atoms with Crippen molar-refractivity contribution in [1.82, 2.24) is 0 Å². The molecule has 0 aliphatic heterocycles. The van der Waals surface area contributed by atoms with Crippen LogP contribution in [-0.2, 0) is 0 Å². The molecule has 2 aliphatic rings. The maximum atomic E-state index is 13.6. The van der Waals surface area contributed by atoms with Crippen molar-refractivity contribution in [2.45, 2.75) is 6.42 Å². The lowest BCUT2D eigenvalue weighted by Crippen LogP contribution is -2.16. The van der Waals surface area contributed by atoms with E-state index in [9.17, 15) is 4.39 Å². The molecule has 3 nitrogen and oxygen atoms in total. The predicted octanol–water partition coefficient (Wildman–Crippen LogP) is 2.22. The molecule has 0 bridgehead atoms. The Labute approximate surface area is 98.4 Å².